The molecule has 1 saturated carbocycles. The van der Waals surface area contributed by atoms with Gasteiger partial charge in [0.05, 0.1) is 11.9 Å². The van der Waals surface area contributed by atoms with Crippen LogP contribution in [-0.4, -0.2) is 38.2 Å². The molecule has 0 atom stereocenters. The maximum absolute atomic E-state index is 14.0. The van der Waals surface area contributed by atoms with Crippen LogP contribution in [0, 0.1) is 0 Å². The first-order valence-corrected chi connectivity index (χ1v) is 13.2. The first-order chi connectivity index (χ1) is 17.4. The number of hydrogen-bond donors (Lipinski definition) is 0. The zero-order chi connectivity index (χ0) is 24.9. The molecule has 2 aromatic heterocycles. The van der Waals surface area contributed by atoms with Gasteiger partial charge in [0.2, 0.25) is 0 Å². The van der Waals surface area contributed by atoms with Crippen LogP contribution in [0.15, 0.2) is 61.1 Å². The Morgan fingerprint density at radius 1 is 1.00 bits per heavy atom. The first kappa shape index (κ1) is 23.0. The minimum atomic E-state index is -0.0915. The van der Waals surface area contributed by atoms with Crippen LogP contribution in [0.1, 0.15) is 73.0 Å². The van der Waals surface area contributed by atoms with Gasteiger partial charge in [-0.25, -0.2) is 0 Å². The lowest BCUT2D eigenvalue weighted by molar-refractivity contribution is 0.0544. The highest BCUT2D eigenvalue weighted by Gasteiger charge is 2.41. The van der Waals surface area contributed by atoms with Crippen molar-refractivity contribution in [2.24, 2.45) is 7.05 Å². The number of nitrogens with zero attached hydrogens (tertiary/aromatic N) is 4. The Hall–Kier alpha value is -3.47. The van der Waals surface area contributed by atoms with Gasteiger partial charge in [-0.2, -0.15) is 5.10 Å². The van der Waals surface area contributed by atoms with Crippen LogP contribution in [0.5, 0.6) is 0 Å². The van der Waals surface area contributed by atoms with Gasteiger partial charge in [-0.1, -0.05) is 63.4 Å². The summed E-state index contributed by atoms with van der Waals surface area (Å²) in [6.07, 6.45) is 12.5. The van der Waals surface area contributed by atoms with E-state index >= 15 is 0 Å². The van der Waals surface area contributed by atoms with Gasteiger partial charge < -0.3 is 4.90 Å². The van der Waals surface area contributed by atoms with Crippen molar-refractivity contribution in [1.82, 2.24) is 19.7 Å². The molecule has 0 saturated heterocycles. The number of amides is 1. The van der Waals surface area contributed by atoms with Crippen molar-refractivity contribution in [3.8, 4) is 11.3 Å². The Morgan fingerprint density at radius 2 is 1.78 bits per heavy atom. The third-order valence-corrected chi connectivity index (χ3v) is 8.10. The number of fused-ring (bicyclic) bond motifs is 3. The van der Waals surface area contributed by atoms with Gasteiger partial charge in [-0.05, 0) is 58.9 Å². The minimum absolute atomic E-state index is 0.0915. The van der Waals surface area contributed by atoms with Crippen molar-refractivity contribution < 1.29 is 4.79 Å². The van der Waals surface area contributed by atoms with Crippen LogP contribution >= 0.6 is 0 Å². The third-order valence-electron chi connectivity index (χ3n) is 8.10. The molecule has 5 heteroatoms. The Labute approximate surface area is 213 Å². The smallest absolute Gasteiger partial charge is 0.254 e. The van der Waals surface area contributed by atoms with Crippen molar-refractivity contribution in [1.29, 1.82) is 0 Å². The molecule has 0 unspecified atom stereocenters. The van der Waals surface area contributed by atoms with E-state index in [2.05, 4.69) is 66.3 Å². The lowest BCUT2D eigenvalue weighted by Crippen LogP contribution is -2.52. The maximum Gasteiger partial charge on any atom is 0.254 e. The summed E-state index contributed by atoms with van der Waals surface area (Å²) < 4.78 is 1.79. The maximum atomic E-state index is 14.0. The number of pyridine rings is 1. The predicted octanol–water partition coefficient (Wildman–Crippen LogP) is 6.29. The summed E-state index contributed by atoms with van der Waals surface area (Å²) in [4.78, 5) is 20.9. The average Bonchev–Trinajstić information content (AvgIpc) is 3.33. The largest absolute Gasteiger partial charge is 0.335 e. The van der Waals surface area contributed by atoms with E-state index < -0.39 is 0 Å². The number of aryl methyl sites for hydroxylation is 1. The second kappa shape index (κ2) is 8.88. The van der Waals surface area contributed by atoms with Crippen LogP contribution in [0.2, 0.25) is 0 Å². The molecule has 6 rings (SSSR count). The molecule has 1 amide bonds. The molecule has 1 aliphatic carbocycles. The molecule has 2 aromatic carbocycles. The van der Waals surface area contributed by atoms with Crippen LogP contribution in [0.4, 0.5) is 0 Å². The fraction of sp³-hybridized carbons (Fsp3) is 0.387. The van der Waals surface area contributed by atoms with E-state index in [1.807, 2.05) is 25.6 Å². The van der Waals surface area contributed by atoms with E-state index in [1.165, 1.54) is 41.2 Å². The van der Waals surface area contributed by atoms with Gasteiger partial charge in [0.15, 0.2) is 0 Å². The summed E-state index contributed by atoms with van der Waals surface area (Å²) in [5.41, 5.74) is 6.27. The SMILES string of the molecule is Cn1cc(-c2ccc(Cc3cc4c(c5ccccc35)C(C)(C)CN(C3CCCCC3)C4=O)cn2)cn1. The molecule has 1 aliphatic heterocycles. The van der Waals surface area contributed by atoms with Crippen molar-refractivity contribution in [3.05, 3.63) is 83.3 Å². The first-order valence-electron chi connectivity index (χ1n) is 13.2. The average molecular weight is 479 g/mol. The summed E-state index contributed by atoms with van der Waals surface area (Å²) in [6, 6.07) is 15.4. The summed E-state index contributed by atoms with van der Waals surface area (Å²) in [5.74, 6) is 0.216. The standard InChI is InChI=1S/C31H34N4O/c1-31(2)20-35(24-9-5-4-6-10-24)30(36)27-16-22(25-11-7-8-12-26(25)29(27)31)15-21-13-14-28(32-17-21)23-18-33-34(3)19-23/h7-8,11-14,16-19,24H,4-6,9-10,15,20H2,1-3H3. The number of rotatable bonds is 4. The monoisotopic (exact) mass is 478 g/mol. The highest BCUT2D eigenvalue weighted by atomic mass is 16.2. The highest BCUT2D eigenvalue weighted by molar-refractivity contribution is 6.05. The van der Waals surface area contributed by atoms with Crippen molar-refractivity contribution in [3.63, 3.8) is 0 Å². The second-order valence-electron chi connectivity index (χ2n) is 11.2. The zero-order valence-electron chi connectivity index (χ0n) is 21.5. The van der Waals surface area contributed by atoms with E-state index in [1.54, 1.807) is 4.68 Å². The topological polar surface area (TPSA) is 51.0 Å². The molecule has 3 heterocycles. The Morgan fingerprint density at radius 3 is 2.47 bits per heavy atom. The lowest BCUT2D eigenvalue weighted by atomic mass is 9.73. The lowest BCUT2D eigenvalue weighted by Gasteiger charge is -2.45. The van der Waals surface area contributed by atoms with Crippen LogP contribution in [0.25, 0.3) is 22.0 Å². The Bertz CT molecular complexity index is 1430. The molecular weight excluding hydrogens is 444 g/mol. The van der Waals surface area contributed by atoms with Gasteiger partial charge in [0.1, 0.15) is 0 Å². The van der Waals surface area contributed by atoms with Gasteiger partial charge in [-0.3, -0.25) is 14.5 Å². The van der Waals surface area contributed by atoms with Crippen LogP contribution < -0.4 is 0 Å². The highest BCUT2D eigenvalue weighted by Crippen LogP contribution is 2.42. The molecular formula is C31H34N4O. The predicted molar refractivity (Wildman–Crippen MR) is 144 cm³/mol. The van der Waals surface area contributed by atoms with Crippen molar-refractivity contribution >= 4 is 16.7 Å². The number of benzene rings is 2. The van der Waals surface area contributed by atoms with E-state index in [0.29, 0.717) is 6.04 Å². The normalized spacial score (nSPS) is 18.0. The molecule has 184 valence electrons. The molecule has 0 bridgehead atoms. The number of carbonyl (C=O) groups excluding carboxylic acids is 1. The van der Waals surface area contributed by atoms with Crippen molar-refractivity contribution in [2.45, 2.75) is 63.8 Å². The van der Waals surface area contributed by atoms with E-state index in [9.17, 15) is 4.79 Å². The van der Waals surface area contributed by atoms with Crippen LogP contribution in [-0.2, 0) is 18.9 Å². The van der Waals surface area contributed by atoms with E-state index in [-0.39, 0.29) is 11.3 Å². The molecule has 1 fully saturated rings. The number of hydrogen-bond acceptors (Lipinski definition) is 3. The number of carbonyl (C=O) groups is 1. The van der Waals surface area contributed by atoms with Gasteiger partial charge >= 0.3 is 0 Å². The van der Waals surface area contributed by atoms with E-state index in [4.69, 9.17) is 4.98 Å². The quantitative estimate of drug-likeness (QED) is 0.346. The fourth-order valence-corrected chi connectivity index (χ4v) is 6.39. The third kappa shape index (κ3) is 4.01. The van der Waals surface area contributed by atoms with E-state index in [0.717, 1.165) is 48.2 Å². The van der Waals surface area contributed by atoms with Gasteiger partial charge in [0, 0.05) is 48.6 Å². The molecule has 4 aromatic rings. The molecule has 2 aliphatic rings. The minimum Gasteiger partial charge on any atom is -0.335 e. The van der Waals surface area contributed by atoms with Crippen molar-refractivity contribution in [2.75, 3.05) is 6.54 Å². The molecule has 5 nitrogen and oxygen atoms in total. The fourth-order valence-electron chi connectivity index (χ4n) is 6.39. The molecule has 0 spiro atoms. The summed E-state index contributed by atoms with van der Waals surface area (Å²) in [6.45, 7) is 5.41. The summed E-state index contributed by atoms with van der Waals surface area (Å²) >= 11 is 0. The van der Waals surface area contributed by atoms with Gasteiger partial charge in [0.25, 0.3) is 5.91 Å². The Kier molecular flexibility index (Phi) is 5.66. The molecule has 36 heavy (non-hydrogen) atoms. The summed E-state index contributed by atoms with van der Waals surface area (Å²) in [5, 5.41) is 6.71. The Balaban J connectivity index is 1.40. The van der Waals surface area contributed by atoms with Gasteiger partial charge in [-0.15, -0.1) is 0 Å². The summed E-state index contributed by atoms with van der Waals surface area (Å²) in [7, 11) is 1.91. The second-order valence-corrected chi connectivity index (χ2v) is 11.2. The molecule has 0 N–H and O–H groups in total. The number of aromatic nitrogens is 3. The molecule has 0 radical (unpaired) electrons. The van der Waals surface area contributed by atoms with Crippen LogP contribution in [0.3, 0.4) is 0 Å². The zero-order valence-corrected chi connectivity index (χ0v) is 21.5.